The van der Waals surface area contributed by atoms with Crippen molar-refractivity contribution in [3.8, 4) is 0 Å². The fourth-order valence-corrected chi connectivity index (χ4v) is 4.46. The van der Waals surface area contributed by atoms with Crippen LogP contribution < -0.4 is 0 Å². The lowest BCUT2D eigenvalue weighted by molar-refractivity contribution is -0.385. The molecule has 0 aliphatic carbocycles. The van der Waals surface area contributed by atoms with Crippen molar-refractivity contribution < 1.29 is 22.5 Å². The number of rotatable bonds is 6. The van der Waals surface area contributed by atoms with Crippen LogP contribution in [0.5, 0.6) is 0 Å². The molecule has 1 heterocycles. The summed E-state index contributed by atoms with van der Waals surface area (Å²) >= 11 is 0. The molecule has 0 N–H and O–H groups in total. The monoisotopic (exact) mass is 404 g/mol. The number of nitro benzene ring substituents is 1. The van der Waals surface area contributed by atoms with E-state index in [2.05, 4.69) is 26.9 Å². The molecule has 1 unspecified atom stereocenters. The van der Waals surface area contributed by atoms with Crippen LogP contribution in [-0.2, 0) is 17.1 Å². The quantitative estimate of drug-likeness (QED) is 0.371. The lowest BCUT2D eigenvalue weighted by atomic mass is 10.0. The molecule has 0 radical (unpaired) electrons. The van der Waals surface area contributed by atoms with E-state index in [1.807, 2.05) is 4.90 Å². The van der Waals surface area contributed by atoms with Gasteiger partial charge in [0.2, 0.25) is 0 Å². The summed E-state index contributed by atoms with van der Waals surface area (Å²) in [7, 11) is -1.83. The van der Waals surface area contributed by atoms with E-state index in [9.17, 15) is 23.3 Å². The standard InChI is InChI=1S/C18H27F3N2O3Si/c1-13(2)27(3,4)26-16-6-5-9-22(12-16)11-14-7-8-15(23(24)25)10-17(14)18(19,20)21/h7-8,10,13,16H,5-6,9,11-12H2,1-4H3. The second-order valence-electron chi connectivity index (χ2n) is 7.97. The Morgan fingerprint density at radius 1 is 1.37 bits per heavy atom. The number of non-ortho nitro benzene ring substituents is 1. The molecule has 1 aromatic rings. The zero-order valence-electron chi connectivity index (χ0n) is 16.2. The minimum atomic E-state index is -4.63. The zero-order valence-corrected chi connectivity index (χ0v) is 17.2. The van der Waals surface area contributed by atoms with Crippen LogP contribution in [-0.4, -0.2) is 37.3 Å². The topological polar surface area (TPSA) is 55.6 Å². The van der Waals surface area contributed by atoms with E-state index in [1.54, 1.807) is 0 Å². The van der Waals surface area contributed by atoms with E-state index < -0.39 is 30.7 Å². The molecule has 152 valence electrons. The zero-order chi connectivity index (χ0) is 20.4. The summed E-state index contributed by atoms with van der Waals surface area (Å²) in [5, 5.41) is 10.8. The molecule has 0 saturated carbocycles. The molecular formula is C18H27F3N2O3Si. The average Bonchev–Trinajstić information content (AvgIpc) is 2.53. The SMILES string of the molecule is CC(C)[Si](C)(C)OC1CCCN(Cc2ccc([N+](=O)[O-])cc2C(F)(F)F)C1. The predicted molar refractivity (Wildman–Crippen MR) is 100 cm³/mol. The Kier molecular flexibility index (Phi) is 6.70. The Hall–Kier alpha value is -1.45. The maximum absolute atomic E-state index is 13.4. The third-order valence-corrected chi connectivity index (χ3v) is 9.05. The van der Waals surface area contributed by atoms with Crippen molar-refractivity contribution in [3.63, 3.8) is 0 Å². The van der Waals surface area contributed by atoms with E-state index in [-0.39, 0.29) is 18.2 Å². The van der Waals surface area contributed by atoms with Gasteiger partial charge in [-0.1, -0.05) is 19.9 Å². The van der Waals surface area contributed by atoms with Gasteiger partial charge in [-0.15, -0.1) is 0 Å². The normalized spacial score (nSPS) is 19.5. The van der Waals surface area contributed by atoms with Gasteiger partial charge in [-0.2, -0.15) is 13.2 Å². The Balaban J connectivity index is 2.15. The summed E-state index contributed by atoms with van der Waals surface area (Å²) in [6.45, 7) is 9.98. The third kappa shape index (κ3) is 5.76. The molecular weight excluding hydrogens is 377 g/mol. The molecule has 1 aromatic carbocycles. The second kappa shape index (κ2) is 8.28. The van der Waals surface area contributed by atoms with Gasteiger partial charge in [-0.25, -0.2) is 0 Å². The van der Waals surface area contributed by atoms with Crippen molar-refractivity contribution in [1.29, 1.82) is 0 Å². The molecule has 5 nitrogen and oxygen atoms in total. The number of nitrogens with zero attached hydrogens (tertiary/aromatic N) is 2. The molecule has 1 saturated heterocycles. The van der Waals surface area contributed by atoms with Crippen LogP contribution >= 0.6 is 0 Å². The summed E-state index contributed by atoms with van der Waals surface area (Å²) in [6, 6.07) is 2.98. The van der Waals surface area contributed by atoms with Crippen LogP contribution in [0.25, 0.3) is 0 Å². The highest BCUT2D eigenvalue weighted by Gasteiger charge is 2.36. The smallest absolute Gasteiger partial charge is 0.413 e. The molecule has 0 aromatic heterocycles. The first-order chi connectivity index (χ1) is 12.4. The van der Waals surface area contributed by atoms with E-state index >= 15 is 0 Å². The van der Waals surface area contributed by atoms with E-state index in [0.29, 0.717) is 24.7 Å². The minimum Gasteiger partial charge on any atom is -0.413 e. The summed E-state index contributed by atoms with van der Waals surface area (Å²) in [4.78, 5) is 12.0. The van der Waals surface area contributed by atoms with Crippen LogP contribution in [0.2, 0.25) is 18.6 Å². The number of hydrogen-bond acceptors (Lipinski definition) is 4. The number of nitro groups is 1. The van der Waals surface area contributed by atoms with Crippen LogP contribution in [0.1, 0.15) is 37.8 Å². The Morgan fingerprint density at radius 2 is 2.04 bits per heavy atom. The Labute approximate surface area is 158 Å². The lowest BCUT2D eigenvalue weighted by Gasteiger charge is -2.38. The summed E-state index contributed by atoms with van der Waals surface area (Å²) in [5.74, 6) is 0. The van der Waals surface area contributed by atoms with Crippen molar-refractivity contribution in [2.75, 3.05) is 13.1 Å². The Bertz CT molecular complexity index is 680. The summed E-state index contributed by atoms with van der Waals surface area (Å²) in [6.07, 6.45) is -2.83. The van der Waals surface area contributed by atoms with Crippen molar-refractivity contribution in [3.05, 3.63) is 39.4 Å². The summed E-state index contributed by atoms with van der Waals surface area (Å²) < 4.78 is 46.5. The molecule has 0 bridgehead atoms. The number of alkyl halides is 3. The number of hydrogen-bond donors (Lipinski definition) is 0. The summed E-state index contributed by atoms with van der Waals surface area (Å²) in [5.41, 5.74) is -0.958. The lowest BCUT2D eigenvalue weighted by Crippen LogP contribution is -2.46. The van der Waals surface area contributed by atoms with Gasteiger partial charge < -0.3 is 4.43 Å². The molecule has 1 aliphatic rings. The van der Waals surface area contributed by atoms with Gasteiger partial charge in [0.05, 0.1) is 16.6 Å². The maximum Gasteiger partial charge on any atom is 0.416 e. The predicted octanol–water partition coefficient (Wildman–Crippen LogP) is 5.21. The first-order valence-corrected chi connectivity index (χ1v) is 12.1. The van der Waals surface area contributed by atoms with Crippen LogP contribution in [0.15, 0.2) is 18.2 Å². The minimum absolute atomic E-state index is 0.0233. The van der Waals surface area contributed by atoms with Crippen LogP contribution in [0.3, 0.4) is 0 Å². The average molecular weight is 405 g/mol. The molecule has 9 heteroatoms. The Morgan fingerprint density at radius 3 is 2.59 bits per heavy atom. The molecule has 1 fully saturated rings. The van der Waals surface area contributed by atoms with Crippen molar-refractivity contribution in [1.82, 2.24) is 4.90 Å². The van der Waals surface area contributed by atoms with E-state index in [0.717, 1.165) is 18.9 Å². The molecule has 1 atom stereocenters. The molecule has 2 rings (SSSR count). The highest BCUT2D eigenvalue weighted by molar-refractivity contribution is 6.72. The first-order valence-electron chi connectivity index (χ1n) is 9.15. The van der Waals surface area contributed by atoms with Gasteiger partial charge in [0.15, 0.2) is 8.32 Å². The number of benzene rings is 1. The van der Waals surface area contributed by atoms with Crippen molar-refractivity contribution >= 4 is 14.0 Å². The van der Waals surface area contributed by atoms with Gasteiger partial charge in [-0.3, -0.25) is 15.0 Å². The number of piperidine rings is 1. The largest absolute Gasteiger partial charge is 0.416 e. The van der Waals surface area contributed by atoms with E-state index in [4.69, 9.17) is 4.43 Å². The van der Waals surface area contributed by atoms with Crippen LogP contribution in [0, 0.1) is 10.1 Å². The highest BCUT2D eigenvalue weighted by Crippen LogP contribution is 2.35. The van der Waals surface area contributed by atoms with Crippen molar-refractivity contribution in [2.45, 2.75) is 64.1 Å². The van der Waals surface area contributed by atoms with Gasteiger partial charge in [0.1, 0.15) is 0 Å². The van der Waals surface area contributed by atoms with Crippen molar-refractivity contribution in [2.24, 2.45) is 0 Å². The number of halogens is 3. The maximum atomic E-state index is 13.4. The van der Waals surface area contributed by atoms with Crippen LogP contribution in [0.4, 0.5) is 18.9 Å². The fourth-order valence-electron chi connectivity index (χ4n) is 3.14. The third-order valence-electron chi connectivity index (χ3n) is 5.33. The van der Waals surface area contributed by atoms with Gasteiger partial charge in [0, 0.05) is 25.2 Å². The highest BCUT2D eigenvalue weighted by atomic mass is 28.4. The van der Waals surface area contributed by atoms with Gasteiger partial charge >= 0.3 is 6.18 Å². The molecule has 27 heavy (non-hydrogen) atoms. The molecule has 0 spiro atoms. The first kappa shape index (κ1) is 21.8. The van der Waals surface area contributed by atoms with Gasteiger partial charge in [-0.05, 0) is 43.6 Å². The fraction of sp³-hybridized carbons (Fsp3) is 0.667. The van der Waals surface area contributed by atoms with Gasteiger partial charge in [0.25, 0.3) is 5.69 Å². The second-order valence-corrected chi connectivity index (χ2v) is 12.6. The number of likely N-dealkylation sites (tertiary alicyclic amines) is 1. The molecule has 1 aliphatic heterocycles. The van der Waals surface area contributed by atoms with E-state index in [1.165, 1.54) is 6.07 Å². The molecule has 0 amide bonds.